The highest BCUT2D eigenvalue weighted by Gasteiger charge is 2.45. The van der Waals surface area contributed by atoms with E-state index in [0.29, 0.717) is 18.6 Å². The molecule has 0 saturated carbocycles. The Kier molecular flexibility index (Phi) is 8.73. The summed E-state index contributed by atoms with van der Waals surface area (Å²) < 4.78 is 10.1. The number of alkyl carbamates (subject to hydrolysis) is 1. The quantitative estimate of drug-likeness (QED) is 0.287. The Morgan fingerprint density at radius 2 is 1.82 bits per heavy atom. The zero-order chi connectivity index (χ0) is 29.0. The maximum Gasteiger partial charge on any atom is 0.407 e. The molecule has 4 rings (SSSR count). The van der Waals surface area contributed by atoms with Gasteiger partial charge in [0.15, 0.2) is 0 Å². The Morgan fingerprint density at radius 1 is 1.12 bits per heavy atom. The van der Waals surface area contributed by atoms with E-state index in [2.05, 4.69) is 5.32 Å². The summed E-state index contributed by atoms with van der Waals surface area (Å²) in [4.78, 5) is 39.3. The van der Waals surface area contributed by atoms with Crippen LogP contribution in [0.4, 0.5) is 4.79 Å². The molecular weight excluding hydrogens is 510 g/mol. The standard InChI is InChI=1S/C31H37N3O6/c1-31(2,3)27(28(36)34-18-20(35)17-25(34)29(37)39-4)33-30(38)40-15-9-5-6-10-19-13-14-22-21-11-7-8-12-23(21)26(32)24(22)16-19/h6-8,10-14,16,20,25,27,32,35H,5,9,15,17-18H2,1-4H3,(H,33,38)/b10-6+,32-26?/t20-,25+,27-/m1/s1. The highest BCUT2D eigenvalue weighted by molar-refractivity contribution is 6.23. The molecule has 212 valence electrons. The minimum atomic E-state index is -0.956. The van der Waals surface area contributed by atoms with Gasteiger partial charge in [0.1, 0.15) is 12.1 Å². The average Bonchev–Trinajstić information content (AvgIpc) is 3.45. The van der Waals surface area contributed by atoms with Crippen molar-refractivity contribution in [1.82, 2.24) is 10.2 Å². The van der Waals surface area contributed by atoms with Crippen molar-refractivity contribution in [3.05, 3.63) is 65.2 Å². The van der Waals surface area contributed by atoms with Crippen LogP contribution in [0, 0.1) is 10.8 Å². The van der Waals surface area contributed by atoms with Crippen LogP contribution in [0.5, 0.6) is 0 Å². The van der Waals surface area contributed by atoms with Crippen molar-refractivity contribution in [1.29, 1.82) is 5.41 Å². The van der Waals surface area contributed by atoms with Gasteiger partial charge in [0.25, 0.3) is 0 Å². The third kappa shape index (κ3) is 6.25. The highest BCUT2D eigenvalue weighted by Crippen LogP contribution is 2.36. The van der Waals surface area contributed by atoms with Gasteiger partial charge in [-0.15, -0.1) is 0 Å². The summed E-state index contributed by atoms with van der Waals surface area (Å²) in [6, 6.07) is 12.2. The van der Waals surface area contributed by atoms with Gasteiger partial charge in [0.2, 0.25) is 5.91 Å². The highest BCUT2D eigenvalue weighted by atomic mass is 16.5. The number of aliphatic hydroxyl groups excluding tert-OH is 1. The van der Waals surface area contributed by atoms with Crippen LogP contribution in [0.3, 0.4) is 0 Å². The fourth-order valence-electron chi connectivity index (χ4n) is 5.16. The van der Waals surface area contributed by atoms with Crippen LogP contribution in [0.2, 0.25) is 0 Å². The summed E-state index contributed by atoms with van der Waals surface area (Å²) in [5, 5.41) is 21.2. The number of hydrogen-bond donors (Lipinski definition) is 3. The van der Waals surface area contributed by atoms with E-state index in [-0.39, 0.29) is 19.6 Å². The molecule has 0 aromatic heterocycles. The van der Waals surface area contributed by atoms with Gasteiger partial charge in [-0.1, -0.05) is 69.3 Å². The number of benzene rings is 2. The van der Waals surface area contributed by atoms with Gasteiger partial charge < -0.3 is 24.8 Å². The van der Waals surface area contributed by atoms with Crippen LogP contribution >= 0.6 is 0 Å². The van der Waals surface area contributed by atoms with Crippen LogP contribution in [0.25, 0.3) is 17.2 Å². The van der Waals surface area contributed by atoms with Gasteiger partial charge in [-0.3, -0.25) is 10.2 Å². The number of rotatable bonds is 8. The van der Waals surface area contributed by atoms with Gasteiger partial charge in [0.05, 0.1) is 25.5 Å². The number of unbranched alkanes of at least 4 members (excludes halogenated alkanes) is 1. The predicted molar refractivity (Wildman–Crippen MR) is 152 cm³/mol. The Balaban J connectivity index is 1.27. The number of β-amino-alcohol motifs (C(OH)–C–C–N with tert-alkyl or cyclic N) is 1. The normalized spacial score (nSPS) is 18.8. The van der Waals surface area contributed by atoms with Gasteiger partial charge in [-0.25, -0.2) is 9.59 Å². The number of allylic oxidation sites excluding steroid dienone is 1. The molecule has 1 fully saturated rings. The molecule has 0 spiro atoms. The lowest BCUT2D eigenvalue weighted by atomic mass is 9.85. The van der Waals surface area contributed by atoms with E-state index >= 15 is 0 Å². The SMILES string of the molecule is COC(=O)[C@@H]1C[C@@H](O)CN1C(=O)[C@@H](NC(=O)OCCC/C=C/c1ccc2c(c1)C(=N)c1ccccc1-2)C(C)(C)C. The van der Waals surface area contributed by atoms with Gasteiger partial charge in [0, 0.05) is 24.1 Å². The number of ether oxygens (including phenoxy) is 2. The third-order valence-electron chi connectivity index (χ3n) is 7.27. The van der Waals surface area contributed by atoms with Crippen molar-refractivity contribution in [2.75, 3.05) is 20.3 Å². The van der Waals surface area contributed by atoms with Gasteiger partial charge in [-0.05, 0) is 41.0 Å². The number of fused-ring (bicyclic) bond motifs is 3. The summed E-state index contributed by atoms with van der Waals surface area (Å²) in [6.07, 6.45) is 3.80. The van der Waals surface area contributed by atoms with E-state index in [1.54, 1.807) is 20.8 Å². The van der Waals surface area contributed by atoms with E-state index in [4.69, 9.17) is 14.9 Å². The number of likely N-dealkylation sites (tertiary alicyclic amines) is 1. The second-order valence-corrected chi connectivity index (χ2v) is 11.3. The molecule has 9 nitrogen and oxygen atoms in total. The number of nitrogens with one attached hydrogen (secondary N) is 2. The smallest absolute Gasteiger partial charge is 0.407 e. The molecule has 1 aliphatic heterocycles. The van der Waals surface area contributed by atoms with Crippen molar-refractivity contribution >= 4 is 29.8 Å². The van der Waals surface area contributed by atoms with Crippen molar-refractivity contribution in [3.8, 4) is 11.1 Å². The molecule has 2 amide bonds. The first-order valence-electron chi connectivity index (χ1n) is 13.5. The van der Waals surface area contributed by atoms with Crippen LogP contribution in [0.1, 0.15) is 56.7 Å². The molecule has 0 radical (unpaired) electrons. The summed E-state index contributed by atoms with van der Waals surface area (Å²) in [5.74, 6) is -1.07. The minimum Gasteiger partial charge on any atom is -0.467 e. The lowest BCUT2D eigenvalue weighted by Gasteiger charge is -2.34. The predicted octanol–water partition coefficient (Wildman–Crippen LogP) is 4.15. The Labute approximate surface area is 234 Å². The molecule has 2 aromatic rings. The van der Waals surface area contributed by atoms with E-state index in [1.165, 1.54) is 12.0 Å². The monoisotopic (exact) mass is 547 g/mol. The number of carbonyl (C=O) groups is 3. The molecule has 0 bridgehead atoms. The van der Waals surface area contributed by atoms with Crippen LogP contribution in [-0.4, -0.2) is 72.1 Å². The second kappa shape index (κ2) is 12.0. The van der Waals surface area contributed by atoms with Crippen molar-refractivity contribution in [2.24, 2.45) is 5.41 Å². The fourth-order valence-corrected chi connectivity index (χ4v) is 5.16. The molecule has 3 N–H and O–H groups in total. The molecule has 1 heterocycles. The number of nitrogens with zero attached hydrogens (tertiary/aromatic N) is 1. The van der Waals surface area contributed by atoms with Gasteiger partial charge >= 0.3 is 12.1 Å². The molecule has 3 atom stereocenters. The summed E-state index contributed by atoms with van der Waals surface area (Å²) >= 11 is 0. The molecule has 0 unspecified atom stereocenters. The van der Waals surface area contributed by atoms with E-state index in [0.717, 1.165) is 27.8 Å². The van der Waals surface area contributed by atoms with Crippen LogP contribution < -0.4 is 5.32 Å². The van der Waals surface area contributed by atoms with Crippen LogP contribution in [0.15, 0.2) is 48.5 Å². The van der Waals surface area contributed by atoms with E-state index in [9.17, 15) is 19.5 Å². The molecule has 2 aliphatic rings. The van der Waals surface area contributed by atoms with Gasteiger partial charge in [-0.2, -0.15) is 0 Å². The Bertz CT molecular complexity index is 1330. The Hall–Kier alpha value is -3.98. The molecular formula is C31H37N3O6. The van der Waals surface area contributed by atoms with Crippen LogP contribution in [-0.2, 0) is 19.1 Å². The molecule has 40 heavy (non-hydrogen) atoms. The lowest BCUT2D eigenvalue weighted by molar-refractivity contribution is -0.152. The topological polar surface area (TPSA) is 129 Å². The van der Waals surface area contributed by atoms with Crippen molar-refractivity contribution < 1.29 is 29.0 Å². The van der Waals surface area contributed by atoms with Crippen molar-refractivity contribution in [3.63, 3.8) is 0 Å². The molecule has 1 aliphatic carbocycles. The molecule has 9 heteroatoms. The fraction of sp³-hybridized carbons (Fsp3) is 0.419. The minimum absolute atomic E-state index is 0.00741. The number of aliphatic hydroxyl groups is 1. The average molecular weight is 548 g/mol. The second-order valence-electron chi connectivity index (χ2n) is 11.3. The maximum absolute atomic E-state index is 13.3. The zero-order valence-corrected chi connectivity index (χ0v) is 23.4. The summed E-state index contributed by atoms with van der Waals surface area (Å²) in [5.41, 5.74) is 4.91. The molecule has 1 saturated heterocycles. The molecule has 2 aromatic carbocycles. The lowest BCUT2D eigenvalue weighted by Crippen LogP contribution is -2.57. The van der Waals surface area contributed by atoms with E-state index < -0.39 is 41.6 Å². The number of methoxy groups -OCH3 is 1. The zero-order valence-electron chi connectivity index (χ0n) is 23.4. The van der Waals surface area contributed by atoms with E-state index in [1.807, 2.05) is 54.6 Å². The third-order valence-corrected chi connectivity index (χ3v) is 7.27. The number of amides is 2. The largest absolute Gasteiger partial charge is 0.467 e. The first-order valence-corrected chi connectivity index (χ1v) is 13.5. The summed E-state index contributed by atoms with van der Waals surface area (Å²) in [6.45, 7) is 5.57. The number of esters is 1. The Morgan fingerprint density at radius 3 is 2.52 bits per heavy atom. The maximum atomic E-state index is 13.3. The summed E-state index contributed by atoms with van der Waals surface area (Å²) in [7, 11) is 1.23. The first-order chi connectivity index (χ1) is 19.0. The number of hydrogen-bond acceptors (Lipinski definition) is 7. The first kappa shape index (κ1) is 29.0. The number of carbonyl (C=O) groups excluding carboxylic acids is 3. The van der Waals surface area contributed by atoms with Crippen molar-refractivity contribution in [2.45, 2.75) is 58.2 Å².